The van der Waals surface area contributed by atoms with E-state index in [1.807, 2.05) is 41.5 Å². The summed E-state index contributed by atoms with van der Waals surface area (Å²) in [6, 6.07) is 0. The molecule has 0 unspecified atom stereocenters. The number of esters is 1. The first kappa shape index (κ1) is 40.7. The third-order valence-corrected chi connectivity index (χ3v) is 6.35. The molecule has 2 amide bonds. The summed E-state index contributed by atoms with van der Waals surface area (Å²) in [7, 11) is 0. The Kier molecular flexibility index (Phi) is 21.9. The van der Waals surface area contributed by atoms with Crippen molar-refractivity contribution in [1.82, 2.24) is 20.4 Å². The van der Waals surface area contributed by atoms with E-state index in [-0.39, 0.29) is 30.8 Å². The maximum absolute atomic E-state index is 11.6. The van der Waals surface area contributed by atoms with Crippen LogP contribution in [-0.4, -0.2) is 136 Å². The molecule has 4 N–H and O–H groups in total. The van der Waals surface area contributed by atoms with Crippen molar-refractivity contribution >= 4 is 23.8 Å². The fourth-order valence-corrected chi connectivity index (χ4v) is 3.56. The second-order valence-electron chi connectivity index (χ2n) is 12.5. The van der Waals surface area contributed by atoms with E-state index in [9.17, 15) is 19.2 Å². The number of carbonyl (C=O) groups is 4. The Morgan fingerprint density at radius 2 is 1.14 bits per heavy atom. The smallest absolute Gasteiger partial charge is 0.305 e. The number of hydrogen-bond donors (Lipinski definition) is 4. The van der Waals surface area contributed by atoms with E-state index in [2.05, 4.69) is 20.4 Å². The van der Waals surface area contributed by atoms with Gasteiger partial charge in [0.1, 0.15) is 6.61 Å². The molecular weight excluding hydrogens is 560 g/mol. The largest absolute Gasteiger partial charge is 0.481 e. The zero-order chi connectivity index (χ0) is 32.7. The molecule has 0 bridgehead atoms. The summed E-state index contributed by atoms with van der Waals surface area (Å²) in [6.07, 6.45) is 1.54. The first-order valence-electron chi connectivity index (χ1n) is 15.3. The second kappa shape index (κ2) is 23.1. The maximum atomic E-state index is 11.6. The van der Waals surface area contributed by atoms with Gasteiger partial charge in [0, 0.05) is 76.0 Å². The van der Waals surface area contributed by atoms with Crippen molar-refractivity contribution in [3.8, 4) is 0 Å². The zero-order valence-electron chi connectivity index (χ0n) is 27.4. The molecule has 0 aromatic rings. The van der Waals surface area contributed by atoms with Crippen LogP contribution in [0.15, 0.2) is 0 Å². The predicted molar refractivity (Wildman–Crippen MR) is 164 cm³/mol. The van der Waals surface area contributed by atoms with Gasteiger partial charge in [-0.3, -0.25) is 29.0 Å². The second-order valence-corrected chi connectivity index (χ2v) is 12.5. The monoisotopic (exact) mass is 618 g/mol. The molecule has 2 fully saturated rings. The van der Waals surface area contributed by atoms with Crippen molar-refractivity contribution in [2.24, 2.45) is 10.8 Å². The van der Waals surface area contributed by atoms with Gasteiger partial charge in [-0.1, -0.05) is 41.5 Å². The molecule has 0 aromatic heterocycles. The quantitative estimate of drug-likeness (QED) is 0.173. The molecule has 0 radical (unpaired) electrons. The van der Waals surface area contributed by atoms with Gasteiger partial charge < -0.3 is 35.1 Å². The van der Waals surface area contributed by atoms with Crippen LogP contribution in [0.3, 0.4) is 0 Å². The zero-order valence-corrected chi connectivity index (χ0v) is 27.4. The number of aliphatic carboxylic acids is 1. The minimum absolute atomic E-state index is 0.00295. The first-order valence-corrected chi connectivity index (χ1v) is 15.3. The van der Waals surface area contributed by atoms with Crippen molar-refractivity contribution in [3.05, 3.63) is 0 Å². The lowest BCUT2D eigenvalue weighted by atomic mass is 9.96. The minimum Gasteiger partial charge on any atom is -0.481 e. The van der Waals surface area contributed by atoms with Crippen LogP contribution < -0.4 is 10.6 Å². The van der Waals surface area contributed by atoms with E-state index in [0.717, 1.165) is 65.7 Å². The average molecular weight is 619 g/mol. The Morgan fingerprint density at radius 1 is 0.721 bits per heavy atom. The highest BCUT2D eigenvalue weighted by molar-refractivity contribution is 5.81. The van der Waals surface area contributed by atoms with Crippen LogP contribution in [0, 0.1) is 10.8 Å². The van der Waals surface area contributed by atoms with E-state index in [1.54, 1.807) is 0 Å². The number of amides is 2. The number of aliphatic hydroxyl groups excluding tert-OH is 1. The number of nitrogens with zero attached hydrogens (tertiary/aromatic N) is 2. The number of ether oxygens (including phenoxy) is 3. The van der Waals surface area contributed by atoms with Gasteiger partial charge in [-0.05, 0) is 12.8 Å². The van der Waals surface area contributed by atoms with Gasteiger partial charge in [0.15, 0.2) is 0 Å². The Bertz CT molecular complexity index is 783. The summed E-state index contributed by atoms with van der Waals surface area (Å²) < 4.78 is 15.6. The van der Waals surface area contributed by atoms with E-state index in [1.165, 1.54) is 0 Å². The highest BCUT2D eigenvalue weighted by Gasteiger charge is 2.21. The molecule has 252 valence electrons. The fourth-order valence-electron chi connectivity index (χ4n) is 3.56. The lowest BCUT2D eigenvalue weighted by molar-refractivity contribution is -0.144. The third-order valence-electron chi connectivity index (χ3n) is 6.35. The Hall–Kier alpha value is -2.32. The number of β-amino-alcohol motifs (C(OH)–C–C–N with tert-alkyl or cyclic N) is 1. The van der Waals surface area contributed by atoms with Crippen LogP contribution in [0.2, 0.25) is 0 Å². The molecule has 13 nitrogen and oxygen atoms in total. The van der Waals surface area contributed by atoms with E-state index >= 15 is 0 Å². The lowest BCUT2D eigenvalue weighted by Crippen LogP contribution is -2.38. The van der Waals surface area contributed by atoms with Gasteiger partial charge in [0.2, 0.25) is 11.8 Å². The van der Waals surface area contributed by atoms with E-state index in [0.29, 0.717) is 39.0 Å². The molecule has 2 saturated heterocycles. The number of nitrogens with one attached hydrogen (secondary N) is 2. The summed E-state index contributed by atoms with van der Waals surface area (Å²) in [4.78, 5) is 49.0. The predicted octanol–water partition coefficient (Wildman–Crippen LogP) is 1.13. The van der Waals surface area contributed by atoms with Crippen LogP contribution in [0.25, 0.3) is 0 Å². The van der Waals surface area contributed by atoms with Gasteiger partial charge in [-0.15, -0.1) is 0 Å². The van der Waals surface area contributed by atoms with Crippen molar-refractivity contribution in [2.75, 3.05) is 92.0 Å². The standard InChI is InChI=1S/C15H28N2O4.C9H17NO3.C6H13NO2/c1-15(2,3)14(19)16-6-4-5-13(18)21-12-9-17-7-10-20-11-8-17;1-9(2,3)8(13)10-6-4-5-7(11)12;8-4-1-7-2-5-9-6-3-7/h4-12H2,1-3H3,(H,16,19);4-6H2,1-3H3,(H,10,13)(H,11,12);8H,1-6H2. The van der Waals surface area contributed by atoms with Crippen LogP contribution in [-0.2, 0) is 33.4 Å². The molecule has 0 saturated carbocycles. The van der Waals surface area contributed by atoms with Crippen molar-refractivity contribution < 1.29 is 43.6 Å². The number of rotatable bonds is 13. The highest BCUT2D eigenvalue weighted by atomic mass is 16.5. The van der Waals surface area contributed by atoms with Crippen LogP contribution in [0.4, 0.5) is 0 Å². The molecule has 13 heteroatoms. The first-order chi connectivity index (χ1) is 20.2. The Labute approximate surface area is 258 Å². The Morgan fingerprint density at radius 3 is 1.53 bits per heavy atom. The van der Waals surface area contributed by atoms with Gasteiger partial charge in [-0.25, -0.2) is 0 Å². The minimum atomic E-state index is -0.829. The molecule has 43 heavy (non-hydrogen) atoms. The van der Waals surface area contributed by atoms with Crippen molar-refractivity contribution in [2.45, 2.75) is 67.2 Å². The third kappa shape index (κ3) is 23.8. The normalized spacial score (nSPS) is 16.1. The summed E-state index contributed by atoms with van der Waals surface area (Å²) in [5, 5.41) is 22.4. The summed E-state index contributed by atoms with van der Waals surface area (Å²) >= 11 is 0. The topological polar surface area (TPSA) is 167 Å². The van der Waals surface area contributed by atoms with Gasteiger partial charge in [0.05, 0.1) is 33.0 Å². The molecule has 2 heterocycles. The molecule has 0 spiro atoms. The number of carboxylic acid groups (broad SMARTS) is 1. The summed E-state index contributed by atoms with van der Waals surface area (Å²) in [6.45, 7) is 21.1. The molecule has 2 aliphatic heterocycles. The average Bonchev–Trinajstić information content (AvgIpc) is 2.94. The van der Waals surface area contributed by atoms with E-state index < -0.39 is 16.8 Å². The molecule has 2 rings (SSSR count). The lowest BCUT2D eigenvalue weighted by Gasteiger charge is -2.26. The van der Waals surface area contributed by atoms with Crippen molar-refractivity contribution in [3.63, 3.8) is 0 Å². The van der Waals surface area contributed by atoms with Gasteiger partial charge in [-0.2, -0.15) is 0 Å². The Balaban J connectivity index is 0.000000680. The molecule has 0 atom stereocenters. The van der Waals surface area contributed by atoms with Gasteiger partial charge >= 0.3 is 11.9 Å². The summed E-state index contributed by atoms with van der Waals surface area (Å²) in [5.41, 5.74) is -0.790. The fraction of sp³-hybridized carbons (Fsp3) is 0.867. The van der Waals surface area contributed by atoms with Gasteiger partial charge in [0.25, 0.3) is 0 Å². The van der Waals surface area contributed by atoms with E-state index in [4.69, 9.17) is 24.4 Å². The number of aliphatic hydroxyl groups is 1. The molecule has 0 aromatic carbocycles. The molecule has 2 aliphatic rings. The number of morpholine rings is 2. The van der Waals surface area contributed by atoms with Crippen LogP contribution in [0.5, 0.6) is 0 Å². The van der Waals surface area contributed by atoms with Crippen LogP contribution >= 0.6 is 0 Å². The SMILES string of the molecule is CC(C)(C)C(=O)NCCCC(=O)O.CC(C)(C)C(=O)NCCCC(=O)OCCN1CCOCC1.OCCN1CCOCC1. The molecule has 0 aliphatic carbocycles. The maximum Gasteiger partial charge on any atom is 0.305 e. The highest BCUT2D eigenvalue weighted by Crippen LogP contribution is 2.13. The van der Waals surface area contributed by atoms with Crippen molar-refractivity contribution in [1.29, 1.82) is 0 Å². The summed E-state index contributed by atoms with van der Waals surface area (Å²) in [5.74, 6) is -1.07. The number of hydrogen-bond acceptors (Lipinski definition) is 10. The number of carboxylic acids is 1. The molecular formula is C30H58N4O9. The number of carbonyl (C=O) groups excluding carboxylic acids is 3. The van der Waals surface area contributed by atoms with Crippen LogP contribution in [0.1, 0.15) is 67.2 Å².